The van der Waals surface area contributed by atoms with Crippen LogP contribution in [0.1, 0.15) is 16.1 Å². The predicted molar refractivity (Wildman–Crippen MR) is 69.5 cm³/mol. The summed E-state index contributed by atoms with van der Waals surface area (Å²) < 4.78 is 0.564. The molecule has 0 saturated carbocycles. The van der Waals surface area contributed by atoms with Gasteiger partial charge in [0.15, 0.2) is 5.82 Å². The Morgan fingerprint density at radius 3 is 2.72 bits per heavy atom. The third-order valence-electron chi connectivity index (χ3n) is 2.16. The van der Waals surface area contributed by atoms with Gasteiger partial charge in [-0.1, -0.05) is 0 Å². The summed E-state index contributed by atoms with van der Waals surface area (Å²) >= 11 is 3.13. The third-order valence-corrected chi connectivity index (χ3v) is 2.57. The quantitative estimate of drug-likeness (QED) is 0.880. The molecule has 0 bridgehead atoms. The van der Waals surface area contributed by atoms with Crippen LogP contribution in [0.25, 0.3) is 0 Å². The molecular formula is C11H9BrN4O2. The first kappa shape index (κ1) is 12.4. The van der Waals surface area contributed by atoms with E-state index in [1.807, 2.05) is 0 Å². The molecule has 0 atom stereocenters. The highest BCUT2D eigenvalue weighted by Crippen LogP contribution is 2.07. The smallest absolute Gasteiger partial charge is 0.262 e. The monoisotopic (exact) mass is 308 g/mol. The molecule has 0 aliphatic rings. The van der Waals surface area contributed by atoms with Crippen molar-refractivity contribution in [3.05, 3.63) is 50.7 Å². The SMILES string of the molecule is Cc1ccc(C(=O)Nc2cnc(Br)cn2)c(=O)[nH]1. The maximum absolute atomic E-state index is 11.8. The van der Waals surface area contributed by atoms with E-state index in [0.717, 1.165) is 0 Å². The first-order valence-corrected chi connectivity index (χ1v) is 5.84. The second kappa shape index (κ2) is 5.09. The van der Waals surface area contributed by atoms with Crippen LogP contribution >= 0.6 is 15.9 Å². The van der Waals surface area contributed by atoms with Crippen molar-refractivity contribution in [3.8, 4) is 0 Å². The number of halogens is 1. The molecule has 0 unspecified atom stereocenters. The van der Waals surface area contributed by atoms with E-state index in [1.54, 1.807) is 13.0 Å². The highest BCUT2D eigenvalue weighted by Gasteiger charge is 2.11. The molecule has 92 valence electrons. The van der Waals surface area contributed by atoms with Gasteiger partial charge in [0.1, 0.15) is 10.2 Å². The number of amides is 1. The highest BCUT2D eigenvalue weighted by atomic mass is 79.9. The van der Waals surface area contributed by atoms with Crippen LogP contribution in [-0.2, 0) is 0 Å². The van der Waals surface area contributed by atoms with E-state index in [4.69, 9.17) is 0 Å². The zero-order valence-electron chi connectivity index (χ0n) is 9.40. The number of aromatic amines is 1. The summed E-state index contributed by atoms with van der Waals surface area (Å²) in [6.45, 7) is 1.74. The number of pyridine rings is 1. The van der Waals surface area contributed by atoms with Crippen molar-refractivity contribution in [1.29, 1.82) is 0 Å². The number of nitrogens with one attached hydrogen (secondary N) is 2. The van der Waals surface area contributed by atoms with Gasteiger partial charge in [-0.3, -0.25) is 9.59 Å². The van der Waals surface area contributed by atoms with Crippen molar-refractivity contribution in [2.24, 2.45) is 0 Å². The molecule has 18 heavy (non-hydrogen) atoms. The summed E-state index contributed by atoms with van der Waals surface area (Å²) in [4.78, 5) is 33.8. The number of rotatable bonds is 2. The van der Waals surface area contributed by atoms with Gasteiger partial charge in [-0.25, -0.2) is 9.97 Å². The molecule has 0 aromatic carbocycles. The minimum Gasteiger partial charge on any atom is -0.326 e. The van der Waals surface area contributed by atoms with E-state index in [2.05, 4.69) is 36.2 Å². The molecule has 2 aromatic heterocycles. The van der Waals surface area contributed by atoms with Crippen molar-refractivity contribution in [1.82, 2.24) is 15.0 Å². The van der Waals surface area contributed by atoms with Gasteiger partial charge in [0.2, 0.25) is 0 Å². The Labute approximate surface area is 111 Å². The second-order valence-corrected chi connectivity index (χ2v) is 4.38. The average molecular weight is 309 g/mol. The lowest BCUT2D eigenvalue weighted by molar-refractivity contribution is 0.102. The topological polar surface area (TPSA) is 87.7 Å². The summed E-state index contributed by atoms with van der Waals surface area (Å²) in [7, 11) is 0. The van der Waals surface area contributed by atoms with Gasteiger partial charge in [0.25, 0.3) is 11.5 Å². The summed E-state index contributed by atoms with van der Waals surface area (Å²) in [5.41, 5.74) is 0.294. The summed E-state index contributed by atoms with van der Waals surface area (Å²) in [6, 6.07) is 3.12. The van der Waals surface area contributed by atoms with Crippen LogP contribution in [0.4, 0.5) is 5.82 Å². The number of aromatic nitrogens is 3. The zero-order chi connectivity index (χ0) is 13.1. The minimum absolute atomic E-state index is 0.0327. The Balaban J connectivity index is 2.22. The normalized spacial score (nSPS) is 10.1. The summed E-state index contributed by atoms with van der Waals surface area (Å²) in [5, 5.41) is 2.49. The van der Waals surface area contributed by atoms with Crippen LogP contribution in [0.2, 0.25) is 0 Å². The number of hydrogen-bond donors (Lipinski definition) is 2. The number of H-pyrrole nitrogens is 1. The van der Waals surface area contributed by atoms with Gasteiger partial charge in [0.05, 0.1) is 12.4 Å². The lowest BCUT2D eigenvalue weighted by Gasteiger charge is -2.03. The molecule has 0 spiro atoms. The molecule has 6 nitrogen and oxygen atoms in total. The molecule has 2 rings (SSSR count). The molecule has 2 aromatic rings. The molecule has 0 aliphatic heterocycles. The molecule has 0 radical (unpaired) electrons. The molecule has 7 heteroatoms. The molecule has 0 fully saturated rings. The molecule has 0 aliphatic carbocycles. The number of carbonyl (C=O) groups excluding carboxylic acids is 1. The van der Waals surface area contributed by atoms with E-state index in [9.17, 15) is 9.59 Å². The third kappa shape index (κ3) is 2.80. The van der Waals surface area contributed by atoms with Crippen molar-refractivity contribution in [2.45, 2.75) is 6.92 Å². The van der Waals surface area contributed by atoms with Crippen molar-refractivity contribution in [3.63, 3.8) is 0 Å². The fourth-order valence-electron chi connectivity index (χ4n) is 1.31. The van der Waals surface area contributed by atoms with E-state index >= 15 is 0 Å². The number of nitrogens with zero attached hydrogens (tertiary/aromatic N) is 2. The number of hydrogen-bond acceptors (Lipinski definition) is 4. The predicted octanol–water partition coefficient (Wildman–Crippen LogP) is 1.49. The van der Waals surface area contributed by atoms with Gasteiger partial charge < -0.3 is 10.3 Å². The van der Waals surface area contributed by atoms with E-state index in [-0.39, 0.29) is 11.4 Å². The van der Waals surface area contributed by atoms with Crippen LogP contribution in [0.15, 0.2) is 33.9 Å². The second-order valence-electron chi connectivity index (χ2n) is 3.56. The van der Waals surface area contributed by atoms with Crippen molar-refractivity contribution >= 4 is 27.7 Å². The van der Waals surface area contributed by atoms with Crippen LogP contribution in [0.3, 0.4) is 0 Å². The first-order valence-electron chi connectivity index (χ1n) is 5.05. The van der Waals surface area contributed by atoms with Crippen LogP contribution in [0.5, 0.6) is 0 Å². The van der Waals surface area contributed by atoms with Crippen LogP contribution in [-0.4, -0.2) is 20.9 Å². The largest absolute Gasteiger partial charge is 0.326 e. The molecule has 1 amide bonds. The molecule has 2 heterocycles. The maximum Gasteiger partial charge on any atom is 0.262 e. The Hall–Kier alpha value is -2.02. The maximum atomic E-state index is 11.8. The number of carbonyl (C=O) groups is 1. The Morgan fingerprint density at radius 1 is 1.33 bits per heavy atom. The van der Waals surface area contributed by atoms with E-state index in [0.29, 0.717) is 10.3 Å². The lowest BCUT2D eigenvalue weighted by Crippen LogP contribution is -2.23. The standard InChI is InChI=1S/C11H9BrN4O2/c1-6-2-3-7(10(17)15-6)11(18)16-9-5-13-8(12)4-14-9/h2-5H,1H3,(H,15,17)(H,14,16,18). The Bertz CT molecular complexity index is 636. The van der Waals surface area contributed by atoms with Gasteiger partial charge in [-0.05, 0) is 35.0 Å². The van der Waals surface area contributed by atoms with Gasteiger partial charge in [0, 0.05) is 5.69 Å². The zero-order valence-corrected chi connectivity index (χ0v) is 11.0. The van der Waals surface area contributed by atoms with Crippen molar-refractivity contribution in [2.75, 3.05) is 5.32 Å². The molecule has 2 N–H and O–H groups in total. The fraction of sp³-hybridized carbons (Fsp3) is 0.0909. The highest BCUT2D eigenvalue weighted by molar-refractivity contribution is 9.10. The summed E-state index contributed by atoms with van der Waals surface area (Å²) in [6.07, 6.45) is 2.85. The number of anilines is 1. The fourth-order valence-corrected chi connectivity index (χ4v) is 1.52. The minimum atomic E-state index is -0.520. The number of aryl methyl sites for hydroxylation is 1. The molecular weight excluding hydrogens is 300 g/mol. The van der Waals surface area contributed by atoms with Gasteiger partial charge >= 0.3 is 0 Å². The van der Waals surface area contributed by atoms with Crippen molar-refractivity contribution < 1.29 is 4.79 Å². The molecule has 0 saturated heterocycles. The van der Waals surface area contributed by atoms with Crippen LogP contribution in [0, 0.1) is 6.92 Å². The Morgan fingerprint density at radius 2 is 2.11 bits per heavy atom. The Kier molecular flexibility index (Phi) is 3.52. The van der Waals surface area contributed by atoms with Gasteiger partial charge in [-0.15, -0.1) is 0 Å². The van der Waals surface area contributed by atoms with E-state index in [1.165, 1.54) is 18.5 Å². The van der Waals surface area contributed by atoms with Crippen LogP contribution < -0.4 is 10.9 Å². The van der Waals surface area contributed by atoms with Gasteiger partial charge in [-0.2, -0.15) is 0 Å². The lowest BCUT2D eigenvalue weighted by atomic mass is 10.2. The first-order chi connectivity index (χ1) is 8.56. The average Bonchev–Trinajstić information content (AvgIpc) is 2.32. The van der Waals surface area contributed by atoms with E-state index < -0.39 is 11.5 Å². The summed E-state index contributed by atoms with van der Waals surface area (Å²) in [5.74, 6) is -0.240.